The number of nitrogens with zero attached hydrogens (tertiary/aromatic N) is 2. The molecule has 0 bridgehead atoms. The normalized spacial score (nSPS) is 21.4. The summed E-state index contributed by atoms with van der Waals surface area (Å²) in [6.07, 6.45) is 4.29. The monoisotopic (exact) mass is 396 g/mol. The Kier molecular flexibility index (Phi) is 6.37. The van der Waals surface area contributed by atoms with Gasteiger partial charge in [0.1, 0.15) is 28.7 Å². The molecule has 1 aliphatic rings. The lowest BCUT2D eigenvalue weighted by atomic mass is 9.95. The molecule has 0 unspecified atom stereocenters. The van der Waals surface area contributed by atoms with E-state index in [1.54, 1.807) is 18.5 Å². The number of fused-ring (bicyclic) bond motifs is 1. The van der Waals surface area contributed by atoms with Crippen LogP contribution < -0.4 is 4.74 Å². The average molecular weight is 397 g/mol. The van der Waals surface area contributed by atoms with Gasteiger partial charge in [-0.3, -0.25) is 4.57 Å². The Morgan fingerprint density at radius 3 is 2.63 bits per heavy atom. The molecule has 0 amide bonds. The number of rotatable bonds is 7. The minimum Gasteiger partial charge on any atom is -0.461 e. The highest BCUT2D eigenvalue weighted by atomic mass is 35.5. The van der Waals surface area contributed by atoms with E-state index in [1.807, 2.05) is 6.92 Å². The van der Waals surface area contributed by atoms with Gasteiger partial charge < -0.3 is 14.3 Å². The smallest absolute Gasteiger partial charge is 0.297 e. The van der Waals surface area contributed by atoms with Crippen LogP contribution in [0.1, 0.15) is 46.0 Å². The molecule has 148 valence electrons. The van der Waals surface area contributed by atoms with E-state index in [4.69, 9.17) is 21.1 Å². The van der Waals surface area contributed by atoms with Crippen LogP contribution in [-0.2, 0) is 16.6 Å². The molecule has 7 heteroatoms. The number of carbonyl (C=O) groups is 1. The Morgan fingerprint density at radius 1 is 1.33 bits per heavy atom. The molecule has 1 fully saturated rings. The molecule has 1 atom stereocenters. The van der Waals surface area contributed by atoms with E-state index in [0.717, 1.165) is 25.7 Å². The lowest BCUT2D eigenvalue weighted by Gasteiger charge is -2.29. The number of halogens is 2. The van der Waals surface area contributed by atoms with Crippen molar-refractivity contribution in [3.05, 3.63) is 23.0 Å². The van der Waals surface area contributed by atoms with Crippen molar-refractivity contribution >= 4 is 28.4 Å². The minimum absolute atomic E-state index is 0.0249. The molecule has 5 nitrogen and oxygen atoms in total. The summed E-state index contributed by atoms with van der Waals surface area (Å²) in [6, 6.07) is 3.23. The molecule has 0 radical (unpaired) electrons. The molecule has 1 aromatic heterocycles. The van der Waals surface area contributed by atoms with E-state index in [0.29, 0.717) is 35.1 Å². The largest absolute Gasteiger partial charge is 0.461 e. The molecule has 0 aliphatic heterocycles. The van der Waals surface area contributed by atoms with E-state index >= 15 is 0 Å². The number of benzene rings is 1. The Labute approximate surface area is 163 Å². The van der Waals surface area contributed by atoms with Gasteiger partial charge in [-0.1, -0.05) is 18.5 Å². The first-order valence-electron chi connectivity index (χ1n) is 9.43. The van der Waals surface area contributed by atoms with Crippen molar-refractivity contribution in [2.75, 3.05) is 6.61 Å². The van der Waals surface area contributed by atoms with E-state index in [2.05, 4.69) is 4.98 Å². The highest BCUT2D eigenvalue weighted by Gasteiger charge is 2.25. The van der Waals surface area contributed by atoms with Crippen LogP contribution in [0.3, 0.4) is 0 Å². The molecule has 1 heterocycles. The van der Waals surface area contributed by atoms with E-state index < -0.39 is 0 Å². The average Bonchev–Trinajstić information content (AvgIpc) is 2.95. The van der Waals surface area contributed by atoms with Crippen LogP contribution in [0.25, 0.3) is 11.0 Å². The number of hydrogen-bond acceptors (Lipinski definition) is 4. The molecule has 1 saturated carbocycles. The molecule has 3 rings (SSSR count). The fraction of sp³-hybridized carbons (Fsp3) is 0.600. The number of ketones is 1. The molecule has 0 N–H and O–H groups in total. The van der Waals surface area contributed by atoms with Crippen molar-refractivity contribution in [1.82, 2.24) is 9.55 Å². The second kappa shape index (κ2) is 8.57. The summed E-state index contributed by atoms with van der Waals surface area (Å²) in [5.41, 5.74) is 0.777. The van der Waals surface area contributed by atoms with E-state index in [-0.39, 0.29) is 29.7 Å². The second-order valence-electron chi connectivity index (χ2n) is 7.54. The van der Waals surface area contributed by atoms with Gasteiger partial charge in [-0.15, -0.1) is 0 Å². The Balaban J connectivity index is 1.55. The summed E-state index contributed by atoms with van der Waals surface area (Å²) in [5.74, 6) is 0.0781. The van der Waals surface area contributed by atoms with Crippen LogP contribution in [-0.4, -0.2) is 34.1 Å². The Bertz CT molecular complexity index is 815. The quantitative estimate of drug-likeness (QED) is 0.681. The van der Waals surface area contributed by atoms with Gasteiger partial charge >= 0.3 is 0 Å². The summed E-state index contributed by atoms with van der Waals surface area (Å²) >= 11 is 6.13. The topological polar surface area (TPSA) is 53.4 Å². The number of aromatic nitrogens is 2. The van der Waals surface area contributed by atoms with Crippen molar-refractivity contribution in [3.8, 4) is 6.01 Å². The van der Waals surface area contributed by atoms with E-state index in [1.165, 1.54) is 12.1 Å². The molecule has 0 saturated heterocycles. The van der Waals surface area contributed by atoms with Gasteiger partial charge in [-0.2, -0.15) is 4.98 Å². The van der Waals surface area contributed by atoms with Gasteiger partial charge in [0, 0.05) is 20.1 Å². The lowest BCUT2D eigenvalue weighted by molar-refractivity contribution is -0.118. The van der Waals surface area contributed by atoms with Crippen molar-refractivity contribution in [3.63, 3.8) is 0 Å². The third-order valence-corrected chi connectivity index (χ3v) is 5.33. The lowest BCUT2D eigenvalue weighted by Crippen LogP contribution is -2.30. The van der Waals surface area contributed by atoms with Crippen molar-refractivity contribution in [2.24, 2.45) is 13.0 Å². The van der Waals surface area contributed by atoms with Crippen LogP contribution in [0.4, 0.5) is 4.39 Å². The maximum absolute atomic E-state index is 14.1. The van der Waals surface area contributed by atoms with Gasteiger partial charge in [-0.05, 0) is 50.7 Å². The summed E-state index contributed by atoms with van der Waals surface area (Å²) in [6.45, 7) is 4.25. The zero-order chi connectivity index (χ0) is 19.6. The number of ether oxygens (including phenoxy) is 2. The fourth-order valence-electron chi connectivity index (χ4n) is 3.64. The van der Waals surface area contributed by atoms with Gasteiger partial charge in [-0.25, -0.2) is 4.39 Å². The van der Waals surface area contributed by atoms with Crippen molar-refractivity contribution < 1.29 is 18.7 Å². The fourth-order valence-corrected chi connectivity index (χ4v) is 3.84. The third kappa shape index (κ3) is 4.79. The van der Waals surface area contributed by atoms with Crippen LogP contribution >= 0.6 is 11.6 Å². The molecular formula is C20H26ClFN2O3. The van der Waals surface area contributed by atoms with Crippen LogP contribution in [0.5, 0.6) is 6.01 Å². The number of aryl methyl sites for hydroxylation is 1. The predicted molar refractivity (Wildman–Crippen MR) is 103 cm³/mol. The zero-order valence-corrected chi connectivity index (χ0v) is 16.8. The van der Waals surface area contributed by atoms with Gasteiger partial charge in [0.2, 0.25) is 0 Å². The van der Waals surface area contributed by atoms with Crippen LogP contribution in [0.15, 0.2) is 12.1 Å². The first-order chi connectivity index (χ1) is 12.8. The van der Waals surface area contributed by atoms with Gasteiger partial charge in [0.25, 0.3) is 6.01 Å². The molecule has 27 heavy (non-hydrogen) atoms. The third-order valence-electron chi connectivity index (χ3n) is 5.03. The Morgan fingerprint density at radius 2 is 2.00 bits per heavy atom. The number of hydrogen-bond donors (Lipinski definition) is 0. The molecular weight excluding hydrogens is 371 g/mol. The molecule has 2 aromatic rings. The van der Waals surface area contributed by atoms with E-state index in [9.17, 15) is 9.18 Å². The second-order valence-corrected chi connectivity index (χ2v) is 7.95. The van der Waals surface area contributed by atoms with Crippen LogP contribution in [0, 0.1) is 11.7 Å². The standard InChI is InChI=1S/C20H26ClFN2O3/c1-12(10-13(2)25)11-26-14-4-6-15(7-5-14)27-20-23-18-16(21)8-9-17(22)19(18)24(20)3/h8-9,12,14-15H,4-7,10-11H2,1-3H3/t12-,14?,15?/m1/s1. The first-order valence-corrected chi connectivity index (χ1v) is 9.81. The summed E-state index contributed by atoms with van der Waals surface area (Å²) in [4.78, 5) is 15.5. The molecule has 0 spiro atoms. The molecule has 1 aromatic carbocycles. The minimum atomic E-state index is -0.365. The highest BCUT2D eigenvalue weighted by molar-refractivity contribution is 6.35. The van der Waals surface area contributed by atoms with Crippen LogP contribution in [0.2, 0.25) is 5.02 Å². The first kappa shape index (κ1) is 20.1. The summed E-state index contributed by atoms with van der Waals surface area (Å²) in [5, 5.41) is 0.411. The number of imidazole rings is 1. The number of Topliss-reactive ketones (excluding diaryl/α,β-unsaturated/α-hetero) is 1. The Hall–Kier alpha value is -1.66. The van der Waals surface area contributed by atoms with Crippen molar-refractivity contribution in [1.29, 1.82) is 0 Å². The predicted octanol–water partition coefficient (Wildman–Crippen LogP) is 4.69. The zero-order valence-electron chi connectivity index (χ0n) is 16.0. The highest BCUT2D eigenvalue weighted by Crippen LogP contribution is 2.31. The number of carbonyl (C=O) groups excluding carboxylic acids is 1. The van der Waals surface area contributed by atoms with Gasteiger partial charge in [0.05, 0.1) is 11.1 Å². The molecule has 1 aliphatic carbocycles. The summed E-state index contributed by atoms with van der Waals surface area (Å²) < 4.78 is 27.7. The van der Waals surface area contributed by atoms with Gasteiger partial charge in [0.15, 0.2) is 0 Å². The maximum Gasteiger partial charge on any atom is 0.297 e. The van der Waals surface area contributed by atoms with Crippen molar-refractivity contribution in [2.45, 2.75) is 58.2 Å². The maximum atomic E-state index is 14.1. The SMILES string of the molecule is CC(=O)C[C@@H](C)COC1CCC(Oc2nc3c(Cl)ccc(F)c3n2C)CC1. The summed E-state index contributed by atoms with van der Waals surface area (Å²) in [7, 11) is 1.73.